The topological polar surface area (TPSA) is 89.9 Å². The average Bonchev–Trinajstić information content (AvgIpc) is 2.88. The van der Waals surface area contributed by atoms with Crippen molar-refractivity contribution in [1.29, 1.82) is 0 Å². The lowest BCUT2D eigenvalue weighted by Crippen LogP contribution is -2.49. The normalized spacial score (nSPS) is 25.4. The Morgan fingerprint density at radius 3 is 2.77 bits per heavy atom. The van der Waals surface area contributed by atoms with E-state index >= 15 is 0 Å². The van der Waals surface area contributed by atoms with Crippen LogP contribution in [0, 0.1) is 11.8 Å². The molecule has 0 aliphatic carbocycles. The van der Waals surface area contributed by atoms with Gasteiger partial charge in [-0.05, 0) is 25.2 Å². The van der Waals surface area contributed by atoms with E-state index in [4.69, 9.17) is 5.11 Å². The van der Waals surface area contributed by atoms with Crippen molar-refractivity contribution in [2.45, 2.75) is 32.6 Å². The SMILES string of the molecule is CC1CC(C(=O)O)CN(C(=O)NCCCN2CCCC2=O)C1. The summed E-state index contributed by atoms with van der Waals surface area (Å²) in [4.78, 5) is 38.1. The van der Waals surface area contributed by atoms with Crippen molar-refractivity contribution in [3.63, 3.8) is 0 Å². The first-order valence-electron chi connectivity index (χ1n) is 8.00. The van der Waals surface area contributed by atoms with Crippen LogP contribution in [0.4, 0.5) is 4.79 Å². The Balaban J connectivity index is 1.70. The lowest BCUT2D eigenvalue weighted by Gasteiger charge is -2.34. The largest absolute Gasteiger partial charge is 0.481 e. The monoisotopic (exact) mass is 311 g/mol. The molecule has 0 saturated carbocycles. The summed E-state index contributed by atoms with van der Waals surface area (Å²) in [5.41, 5.74) is 0. The zero-order valence-corrected chi connectivity index (χ0v) is 13.1. The van der Waals surface area contributed by atoms with Crippen LogP contribution in [0.2, 0.25) is 0 Å². The number of carbonyl (C=O) groups excluding carboxylic acids is 2. The number of nitrogens with one attached hydrogen (secondary N) is 1. The van der Waals surface area contributed by atoms with Crippen molar-refractivity contribution in [3.05, 3.63) is 0 Å². The number of nitrogens with zero attached hydrogens (tertiary/aromatic N) is 2. The fourth-order valence-corrected chi connectivity index (χ4v) is 3.21. The molecule has 0 aromatic heterocycles. The van der Waals surface area contributed by atoms with Crippen molar-refractivity contribution in [3.8, 4) is 0 Å². The minimum atomic E-state index is -0.836. The number of urea groups is 1. The van der Waals surface area contributed by atoms with Crippen LogP contribution in [0.5, 0.6) is 0 Å². The molecule has 7 heteroatoms. The lowest BCUT2D eigenvalue weighted by atomic mass is 9.91. The molecular formula is C15H25N3O4. The van der Waals surface area contributed by atoms with Gasteiger partial charge in [-0.15, -0.1) is 0 Å². The number of amides is 3. The summed E-state index contributed by atoms with van der Waals surface area (Å²) in [7, 11) is 0. The van der Waals surface area contributed by atoms with Crippen molar-refractivity contribution in [1.82, 2.24) is 15.1 Å². The lowest BCUT2D eigenvalue weighted by molar-refractivity contribution is -0.143. The molecule has 0 spiro atoms. The fraction of sp³-hybridized carbons (Fsp3) is 0.800. The van der Waals surface area contributed by atoms with Gasteiger partial charge in [0.1, 0.15) is 0 Å². The van der Waals surface area contributed by atoms with E-state index in [-0.39, 0.29) is 24.4 Å². The molecule has 2 atom stereocenters. The second kappa shape index (κ2) is 7.47. The molecule has 124 valence electrons. The summed E-state index contributed by atoms with van der Waals surface area (Å²) >= 11 is 0. The predicted octanol–water partition coefficient (Wildman–Crippen LogP) is 0.751. The van der Waals surface area contributed by atoms with Gasteiger partial charge in [0.25, 0.3) is 0 Å². The summed E-state index contributed by atoms with van der Waals surface area (Å²) < 4.78 is 0. The Hall–Kier alpha value is -1.79. The molecule has 0 aromatic rings. The first kappa shape index (κ1) is 16.6. The molecule has 3 amide bonds. The second-order valence-electron chi connectivity index (χ2n) is 6.35. The third kappa shape index (κ3) is 4.35. The van der Waals surface area contributed by atoms with Gasteiger partial charge in [0.05, 0.1) is 5.92 Å². The van der Waals surface area contributed by atoms with Gasteiger partial charge in [0, 0.05) is 39.1 Å². The number of piperidine rings is 1. The summed E-state index contributed by atoms with van der Waals surface area (Å²) in [5.74, 6) is -0.920. The zero-order valence-electron chi connectivity index (χ0n) is 13.1. The minimum Gasteiger partial charge on any atom is -0.481 e. The van der Waals surface area contributed by atoms with Gasteiger partial charge < -0.3 is 20.2 Å². The molecule has 22 heavy (non-hydrogen) atoms. The second-order valence-corrected chi connectivity index (χ2v) is 6.35. The summed E-state index contributed by atoms with van der Waals surface area (Å²) in [6.07, 6.45) is 2.90. The maximum Gasteiger partial charge on any atom is 0.317 e. The van der Waals surface area contributed by atoms with E-state index in [9.17, 15) is 14.4 Å². The van der Waals surface area contributed by atoms with Crippen LogP contribution in [-0.2, 0) is 9.59 Å². The highest BCUT2D eigenvalue weighted by molar-refractivity contribution is 5.78. The number of hydrogen-bond donors (Lipinski definition) is 2. The molecule has 2 N–H and O–H groups in total. The van der Waals surface area contributed by atoms with Crippen molar-refractivity contribution in [2.24, 2.45) is 11.8 Å². The van der Waals surface area contributed by atoms with Crippen LogP contribution >= 0.6 is 0 Å². The quantitative estimate of drug-likeness (QED) is 0.733. The van der Waals surface area contributed by atoms with Crippen molar-refractivity contribution < 1.29 is 19.5 Å². The number of carboxylic acids is 1. The van der Waals surface area contributed by atoms with Gasteiger partial charge in [0.2, 0.25) is 5.91 Å². The number of hydrogen-bond acceptors (Lipinski definition) is 3. The molecule has 0 radical (unpaired) electrons. The minimum absolute atomic E-state index is 0.195. The number of rotatable bonds is 5. The van der Waals surface area contributed by atoms with E-state index in [2.05, 4.69) is 5.32 Å². The standard InChI is InChI=1S/C15H25N3O4/c1-11-8-12(14(20)21)10-18(9-11)15(22)16-5-3-7-17-6-2-4-13(17)19/h11-12H,2-10H2,1H3,(H,16,22)(H,20,21). The van der Waals surface area contributed by atoms with E-state index in [0.717, 1.165) is 19.4 Å². The Morgan fingerprint density at radius 2 is 2.14 bits per heavy atom. The number of carbonyl (C=O) groups is 3. The maximum atomic E-state index is 12.1. The van der Waals surface area contributed by atoms with Gasteiger partial charge in [-0.25, -0.2) is 4.79 Å². The van der Waals surface area contributed by atoms with E-state index in [1.807, 2.05) is 11.8 Å². The summed E-state index contributed by atoms with van der Waals surface area (Å²) in [6.45, 7) is 4.83. The molecule has 2 aliphatic heterocycles. The molecule has 2 aliphatic rings. The highest BCUT2D eigenvalue weighted by Gasteiger charge is 2.31. The van der Waals surface area contributed by atoms with Crippen molar-refractivity contribution >= 4 is 17.9 Å². The molecule has 2 unspecified atom stereocenters. The van der Waals surface area contributed by atoms with Crippen molar-refractivity contribution in [2.75, 3.05) is 32.7 Å². The Morgan fingerprint density at radius 1 is 1.36 bits per heavy atom. The smallest absolute Gasteiger partial charge is 0.317 e. The fourth-order valence-electron chi connectivity index (χ4n) is 3.21. The Kier molecular flexibility index (Phi) is 5.63. The molecule has 0 aromatic carbocycles. The van der Waals surface area contributed by atoms with Gasteiger partial charge in [-0.3, -0.25) is 9.59 Å². The van der Waals surface area contributed by atoms with Crippen LogP contribution in [0.15, 0.2) is 0 Å². The summed E-state index contributed by atoms with van der Waals surface area (Å²) in [6, 6.07) is -0.203. The van der Waals surface area contributed by atoms with E-state index in [1.54, 1.807) is 4.90 Å². The molecule has 2 rings (SSSR count). The molecule has 2 heterocycles. The third-order valence-electron chi connectivity index (χ3n) is 4.35. The van der Waals surface area contributed by atoms with E-state index in [0.29, 0.717) is 32.5 Å². The van der Waals surface area contributed by atoms with Crippen LogP contribution in [0.3, 0.4) is 0 Å². The molecular weight excluding hydrogens is 286 g/mol. The van der Waals surface area contributed by atoms with Crippen LogP contribution < -0.4 is 5.32 Å². The highest BCUT2D eigenvalue weighted by Crippen LogP contribution is 2.21. The van der Waals surface area contributed by atoms with Gasteiger partial charge >= 0.3 is 12.0 Å². The third-order valence-corrected chi connectivity index (χ3v) is 4.35. The molecule has 7 nitrogen and oxygen atoms in total. The molecule has 2 fully saturated rings. The molecule has 2 saturated heterocycles. The van der Waals surface area contributed by atoms with Crippen LogP contribution in [0.1, 0.15) is 32.6 Å². The van der Waals surface area contributed by atoms with Crippen LogP contribution in [0.25, 0.3) is 0 Å². The van der Waals surface area contributed by atoms with Gasteiger partial charge in [0.15, 0.2) is 0 Å². The maximum absolute atomic E-state index is 12.1. The van der Waals surface area contributed by atoms with Gasteiger partial charge in [-0.2, -0.15) is 0 Å². The number of likely N-dealkylation sites (tertiary alicyclic amines) is 2. The Bertz CT molecular complexity index is 441. The number of aliphatic carboxylic acids is 1. The summed E-state index contributed by atoms with van der Waals surface area (Å²) in [5, 5.41) is 11.9. The van der Waals surface area contributed by atoms with E-state index in [1.165, 1.54) is 0 Å². The number of carboxylic acid groups (broad SMARTS) is 1. The Labute approximate surface area is 130 Å². The highest BCUT2D eigenvalue weighted by atomic mass is 16.4. The van der Waals surface area contributed by atoms with Gasteiger partial charge in [-0.1, -0.05) is 6.92 Å². The average molecular weight is 311 g/mol. The predicted molar refractivity (Wildman–Crippen MR) is 80.3 cm³/mol. The zero-order chi connectivity index (χ0) is 16.1. The first-order chi connectivity index (χ1) is 10.5. The van der Waals surface area contributed by atoms with E-state index < -0.39 is 11.9 Å². The van der Waals surface area contributed by atoms with Crippen LogP contribution in [-0.4, -0.2) is 65.5 Å². The molecule has 0 bridgehead atoms. The first-order valence-corrected chi connectivity index (χ1v) is 8.00.